The van der Waals surface area contributed by atoms with Crippen LogP contribution < -0.4 is 15.6 Å². The quantitative estimate of drug-likeness (QED) is 0.106. The summed E-state index contributed by atoms with van der Waals surface area (Å²) in [4.78, 5) is 19.4. The van der Waals surface area contributed by atoms with Crippen LogP contribution in [0.3, 0.4) is 0 Å². The molecule has 0 radical (unpaired) electrons. The van der Waals surface area contributed by atoms with Gasteiger partial charge >= 0.3 is 0 Å². The Labute approximate surface area is 274 Å². The number of amides is 1. The van der Waals surface area contributed by atoms with Gasteiger partial charge in [-0.05, 0) is 66.9 Å². The molecule has 0 aromatic heterocycles. The Morgan fingerprint density at radius 1 is 0.955 bits per heavy atom. The van der Waals surface area contributed by atoms with Crippen molar-refractivity contribution >= 4 is 43.7 Å². The van der Waals surface area contributed by atoms with E-state index in [1.165, 1.54) is 11.1 Å². The van der Waals surface area contributed by atoms with Gasteiger partial charge in [0.25, 0.3) is 5.91 Å². The average molecular weight is 721 g/mol. The van der Waals surface area contributed by atoms with Gasteiger partial charge in [-0.25, -0.2) is 10.4 Å². The summed E-state index contributed by atoms with van der Waals surface area (Å²) >= 11 is 7.21. The number of benzene rings is 4. The number of hydrogen-bond donors (Lipinski definition) is 3. The first-order valence-corrected chi connectivity index (χ1v) is 16.1. The molecule has 44 heavy (non-hydrogen) atoms. The topological polar surface area (TPSA) is 92.2 Å². The zero-order valence-electron chi connectivity index (χ0n) is 24.4. The highest BCUT2D eigenvalue weighted by Crippen LogP contribution is 2.44. The van der Waals surface area contributed by atoms with Crippen LogP contribution in [0.15, 0.2) is 111 Å². The monoisotopic (exact) mass is 719 g/mol. The summed E-state index contributed by atoms with van der Waals surface area (Å²) in [5, 5.41) is 9.06. The molecule has 1 aliphatic heterocycles. The molecule has 5 rings (SSSR count). The molecule has 0 aliphatic carbocycles. The van der Waals surface area contributed by atoms with Gasteiger partial charge in [0, 0.05) is 46.1 Å². The Bertz CT molecular complexity index is 1580. The number of carbonyl (C=O) groups excluding carboxylic acids is 1. The summed E-state index contributed by atoms with van der Waals surface area (Å²) in [5.41, 5.74) is 9.68. The van der Waals surface area contributed by atoms with Crippen molar-refractivity contribution in [1.29, 1.82) is 0 Å². The van der Waals surface area contributed by atoms with Crippen LogP contribution in [0.25, 0.3) is 0 Å². The molecule has 0 saturated heterocycles. The minimum Gasteiger partial charge on any atom is -0.494 e. The number of nitrogens with zero attached hydrogens (tertiary/aromatic N) is 1. The van der Waals surface area contributed by atoms with Gasteiger partial charge < -0.3 is 14.6 Å². The van der Waals surface area contributed by atoms with E-state index in [1.54, 1.807) is 0 Å². The zero-order valence-corrected chi connectivity index (χ0v) is 27.6. The van der Waals surface area contributed by atoms with Crippen molar-refractivity contribution in [2.75, 3.05) is 19.8 Å². The number of aliphatic imine (C=N–C) groups is 1. The van der Waals surface area contributed by atoms with E-state index < -0.39 is 11.6 Å². The molecule has 0 unspecified atom stereocenters. The average Bonchev–Trinajstić information content (AvgIpc) is 3.42. The molecule has 9 heteroatoms. The van der Waals surface area contributed by atoms with E-state index in [0.29, 0.717) is 37.6 Å². The van der Waals surface area contributed by atoms with Crippen LogP contribution in [-0.4, -0.2) is 42.2 Å². The smallest absolute Gasteiger partial charge is 0.266 e. The minimum atomic E-state index is -1.32. The maximum Gasteiger partial charge on any atom is 0.266 e. The number of halogens is 2. The fraction of sp³-hybridized carbons (Fsp3) is 0.257. The third-order valence-corrected chi connectivity index (χ3v) is 8.72. The number of rotatable bonds is 13. The van der Waals surface area contributed by atoms with Gasteiger partial charge in [0.15, 0.2) is 11.6 Å². The van der Waals surface area contributed by atoms with E-state index in [-0.39, 0.29) is 12.5 Å². The van der Waals surface area contributed by atoms with Crippen molar-refractivity contribution < 1.29 is 19.4 Å². The number of aliphatic hydroxyl groups excluding tert-OH is 1. The molecule has 0 saturated carbocycles. The van der Waals surface area contributed by atoms with E-state index in [9.17, 15) is 4.79 Å². The Kier molecular flexibility index (Phi) is 10.9. The summed E-state index contributed by atoms with van der Waals surface area (Å²) in [7, 11) is 0. The first-order valence-electron chi connectivity index (χ1n) is 14.6. The molecule has 4 aromatic carbocycles. The fourth-order valence-corrected chi connectivity index (χ4v) is 5.83. The SMILES string of the molecule is Cc1ccc(CCNNC(=O)[C@@]2(Cc3ccc(Br)cc3)N=C(c3ccc(OCCCO)cc3)O[C@H]2c2ccccc2Br)cc1. The molecule has 3 N–H and O–H groups in total. The lowest BCUT2D eigenvalue weighted by Gasteiger charge is -2.31. The third-order valence-electron chi connectivity index (χ3n) is 7.47. The third kappa shape index (κ3) is 7.77. The number of aliphatic hydroxyl groups is 1. The lowest BCUT2D eigenvalue weighted by molar-refractivity contribution is -0.130. The first kappa shape index (κ1) is 31.9. The molecule has 2 atom stereocenters. The van der Waals surface area contributed by atoms with E-state index >= 15 is 0 Å². The highest BCUT2D eigenvalue weighted by molar-refractivity contribution is 9.10. The Balaban J connectivity index is 1.47. The predicted octanol–water partition coefficient (Wildman–Crippen LogP) is 6.64. The molecule has 1 aliphatic rings. The second-order valence-corrected chi connectivity index (χ2v) is 12.5. The molecule has 7 nitrogen and oxygen atoms in total. The summed E-state index contributed by atoms with van der Waals surface area (Å²) in [5.74, 6) is 0.767. The van der Waals surface area contributed by atoms with Crippen molar-refractivity contribution in [3.8, 4) is 5.75 Å². The Morgan fingerprint density at radius 2 is 1.66 bits per heavy atom. The molecule has 0 spiro atoms. The van der Waals surface area contributed by atoms with Crippen molar-refractivity contribution in [1.82, 2.24) is 10.9 Å². The van der Waals surface area contributed by atoms with Crippen LogP contribution in [0.1, 0.15) is 40.3 Å². The summed E-state index contributed by atoms with van der Waals surface area (Å²) in [6, 6.07) is 31.5. The predicted molar refractivity (Wildman–Crippen MR) is 180 cm³/mol. The van der Waals surface area contributed by atoms with Crippen molar-refractivity contribution in [2.24, 2.45) is 4.99 Å². The summed E-state index contributed by atoms with van der Waals surface area (Å²) in [6.07, 6.45) is 0.906. The lowest BCUT2D eigenvalue weighted by Crippen LogP contribution is -2.54. The van der Waals surface area contributed by atoms with Gasteiger partial charge in [0.05, 0.1) is 6.61 Å². The van der Waals surface area contributed by atoms with Gasteiger partial charge in [-0.2, -0.15) is 0 Å². The number of nitrogens with one attached hydrogen (secondary N) is 2. The zero-order chi connectivity index (χ0) is 30.9. The molecule has 0 bridgehead atoms. The second kappa shape index (κ2) is 15.0. The van der Waals surface area contributed by atoms with Crippen LogP contribution >= 0.6 is 31.9 Å². The van der Waals surface area contributed by atoms with E-state index in [0.717, 1.165) is 32.1 Å². The molecular formula is C35H35Br2N3O4. The van der Waals surface area contributed by atoms with Crippen molar-refractivity contribution in [3.05, 3.63) is 134 Å². The molecular weight excluding hydrogens is 686 g/mol. The largest absolute Gasteiger partial charge is 0.494 e. The minimum absolute atomic E-state index is 0.0719. The van der Waals surface area contributed by atoms with Gasteiger partial charge in [0.2, 0.25) is 5.90 Å². The first-order chi connectivity index (χ1) is 21.4. The molecule has 1 heterocycles. The van der Waals surface area contributed by atoms with Crippen molar-refractivity contribution in [2.45, 2.75) is 37.8 Å². The van der Waals surface area contributed by atoms with Gasteiger partial charge in [-0.3, -0.25) is 10.2 Å². The van der Waals surface area contributed by atoms with E-state index in [2.05, 4.69) is 73.9 Å². The van der Waals surface area contributed by atoms with Gasteiger partial charge in [-0.1, -0.05) is 92.0 Å². The normalized spacial score (nSPS) is 17.5. The maximum atomic E-state index is 14.3. The lowest BCUT2D eigenvalue weighted by atomic mass is 9.82. The van der Waals surface area contributed by atoms with E-state index in [1.807, 2.05) is 72.8 Å². The number of carbonyl (C=O) groups is 1. The van der Waals surface area contributed by atoms with E-state index in [4.69, 9.17) is 19.6 Å². The number of aryl methyl sites for hydroxylation is 1. The Hall–Kier alpha value is -3.50. The van der Waals surface area contributed by atoms with Gasteiger partial charge in [0.1, 0.15) is 5.75 Å². The fourth-order valence-electron chi connectivity index (χ4n) is 5.07. The van der Waals surface area contributed by atoms with Crippen molar-refractivity contribution in [3.63, 3.8) is 0 Å². The van der Waals surface area contributed by atoms with Crippen LogP contribution in [0, 0.1) is 6.92 Å². The molecule has 228 valence electrons. The number of hydrogen-bond acceptors (Lipinski definition) is 6. The highest BCUT2D eigenvalue weighted by Gasteiger charge is 2.53. The number of hydrazine groups is 1. The second-order valence-electron chi connectivity index (χ2n) is 10.7. The molecule has 4 aromatic rings. The standard InChI is InChI=1S/C35H35Br2N3O4/c1-24-7-9-25(10-8-24)19-20-38-40-34(42)35(23-26-11-15-28(36)16-12-26)32(30-5-2-3-6-31(30)37)44-33(39-35)27-13-17-29(18-14-27)43-22-4-21-41/h2-3,5-18,32,38,41H,4,19-23H2,1H3,(H,40,42)/t32-,35-/m0/s1. The molecule has 0 fully saturated rings. The highest BCUT2D eigenvalue weighted by atomic mass is 79.9. The number of ether oxygens (including phenoxy) is 2. The summed E-state index contributed by atoms with van der Waals surface area (Å²) < 4.78 is 14.1. The molecule has 1 amide bonds. The Morgan fingerprint density at radius 3 is 2.36 bits per heavy atom. The van der Waals surface area contributed by atoms with Crippen LogP contribution in [0.4, 0.5) is 0 Å². The van der Waals surface area contributed by atoms with Gasteiger partial charge in [-0.15, -0.1) is 0 Å². The maximum absolute atomic E-state index is 14.3. The van der Waals surface area contributed by atoms with Crippen LogP contribution in [-0.2, 0) is 22.4 Å². The summed E-state index contributed by atoms with van der Waals surface area (Å²) in [6.45, 7) is 3.11. The van der Waals surface area contributed by atoms with Crippen LogP contribution in [0.2, 0.25) is 0 Å². The van der Waals surface area contributed by atoms with Crippen LogP contribution in [0.5, 0.6) is 5.75 Å².